The third-order valence-electron chi connectivity index (χ3n) is 1.84. The molecule has 0 bridgehead atoms. The Balaban J connectivity index is 2.52. The van der Waals surface area contributed by atoms with Crippen LogP contribution in [0.15, 0.2) is 24.3 Å². The van der Waals surface area contributed by atoms with Crippen LogP contribution in [-0.2, 0) is 4.65 Å². The van der Waals surface area contributed by atoms with Crippen LogP contribution in [0.2, 0.25) is 0 Å². The van der Waals surface area contributed by atoms with Crippen molar-refractivity contribution in [2.75, 3.05) is 0 Å². The van der Waals surface area contributed by atoms with Gasteiger partial charge in [-0.15, -0.1) is 0 Å². The van der Waals surface area contributed by atoms with Crippen LogP contribution in [0.25, 0.3) is 0 Å². The Labute approximate surface area is 64.9 Å². The molecule has 3 nitrogen and oxygen atoms in total. The highest BCUT2D eigenvalue weighted by Crippen LogP contribution is 2.16. The van der Waals surface area contributed by atoms with Crippen LogP contribution in [0.3, 0.4) is 0 Å². The van der Waals surface area contributed by atoms with E-state index in [4.69, 9.17) is 10.4 Å². The second-order valence-corrected chi connectivity index (χ2v) is 2.54. The molecule has 2 rings (SSSR count). The van der Waals surface area contributed by atoms with Crippen molar-refractivity contribution in [3.05, 3.63) is 29.8 Å². The second kappa shape index (κ2) is 2.34. The van der Waals surface area contributed by atoms with E-state index in [0.29, 0.717) is 0 Å². The van der Waals surface area contributed by atoms with Gasteiger partial charge in [0.15, 0.2) is 0 Å². The Bertz CT molecular complexity index is 252. The van der Waals surface area contributed by atoms with Crippen LogP contribution in [0.1, 0.15) is 11.8 Å². The van der Waals surface area contributed by atoms with Crippen LogP contribution in [-0.4, -0.2) is 12.1 Å². The number of benzene rings is 1. The summed E-state index contributed by atoms with van der Waals surface area (Å²) in [6.45, 7) is 0. The van der Waals surface area contributed by atoms with Gasteiger partial charge in [-0.3, -0.25) is 0 Å². The molecule has 1 atom stereocenters. The minimum Gasteiger partial charge on any atom is -0.423 e. The number of hydrogen-bond donors (Lipinski definition) is 2. The Morgan fingerprint density at radius 3 is 2.91 bits per heavy atom. The minimum absolute atomic E-state index is 0.471. The molecule has 1 aliphatic heterocycles. The van der Waals surface area contributed by atoms with Gasteiger partial charge in [-0.25, -0.2) is 0 Å². The zero-order chi connectivity index (χ0) is 7.84. The smallest absolute Gasteiger partial charge is 0.423 e. The molecule has 0 aliphatic carbocycles. The Hall–Kier alpha value is -0.835. The van der Waals surface area contributed by atoms with E-state index in [2.05, 4.69) is 0 Å². The van der Waals surface area contributed by atoms with E-state index in [1.54, 1.807) is 0 Å². The fourth-order valence-corrected chi connectivity index (χ4v) is 1.28. The van der Waals surface area contributed by atoms with Gasteiger partial charge in [0.25, 0.3) is 0 Å². The van der Waals surface area contributed by atoms with Crippen molar-refractivity contribution < 1.29 is 9.68 Å². The summed E-state index contributed by atoms with van der Waals surface area (Å²) in [5.41, 5.74) is 7.21. The van der Waals surface area contributed by atoms with E-state index >= 15 is 0 Å². The van der Waals surface area contributed by atoms with Crippen molar-refractivity contribution in [3.8, 4) is 0 Å². The summed E-state index contributed by atoms with van der Waals surface area (Å²) in [6.07, 6.45) is -0.471. The highest BCUT2D eigenvalue weighted by Gasteiger charge is 2.31. The molecule has 3 N–H and O–H groups in total. The van der Waals surface area contributed by atoms with Gasteiger partial charge in [-0.05, 0) is 11.0 Å². The van der Waals surface area contributed by atoms with Gasteiger partial charge >= 0.3 is 7.12 Å². The Morgan fingerprint density at radius 2 is 2.18 bits per heavy atom. The largest absolute Gasteiger partial charge is 0.492 e. The normalized spacial score (nSPS) is 22.0. The fourth-order valence-electron chi connectivity index (χ4n) is 1.28. The van der Waals surface area contributed by atoms with Crippen molar-refractivity contribution in [2.45, 2.75) is 6.23 Å². The number of nitrogens with two attached hydrogens (primary N) is 1. The van der Waals surface area contributed by atoms with Gasteiger partial charge in [-0.1, -0.05) is 24.3 Å². The molecule has 4 heteroatoms. The molecule has 0 spiro atoms. The van der Waals surface area contributed by atoms with Crippen molar-refractivity contribution in [1.29, 1.82) is 0 Å². The SMILES string of the molecule is NC1OB(O)c2ccccc21. The van der Waals surface area contributed by atoms with Gasteiger partial charge in [0.2, 0.25) is 0 Å². The van der Waals surface area contributed by atoms with Crippen LogP contribution in [0.5, 0.6) is 0 Å². The maximum Gasteiger partial charge on any atom is 0.492 e. The lowest BCUT2D eigenvalue weighted by molar-refractivity contribution is 0.198. The summed E-state index contributed by atoms with van der Waals surface area (Å²) < 4.78 is 4.96. The van der Waals surface area contributed by atoms with E-state index in [0.717, 1.165) is 11.0 Å². The molecule has 1 heterocycles. The quantitative estimate of drug-likeness (QED) is 0.482. The van der Waals surface area contributed by atoms with Crippen LogP contribution in [0.4, 0.5) is 0 Å². The third-order valence-corrected chi connectivity index (χ3v) is 1.84. The monoisotopic (exact) mass is 149 g/mol. The van der Waals surface area contributed by atoms with E-state index in [-0.39, 0.29) is 0 Å². The zero-order valence-electron chi connectivity index (χ0n) is 5.90. The Morgan fingerprint density at radius 1 is 1.45 bits per heavy atom. The summed E-state index contributed by atoms with van der Waals surface area (Å²) in [5, 5.41) is 9.25. The first kappa shape index (κ1) is 6.85. The molecule has 1 unspecified atom stereocenters. The van der Waals surface area contributed by atoms with Crippen LogP contribution >= 0.6 is 0 Å². The van der Waals surface area contributed by atoms with Gasteiger partial charge in [0.1, 0.15) is 6.23 Å². The third kappa shape index (κ3) is 0.958. The van der Waals surface area contributed by atoms with Crippen molar-refractivity contribution >= 4 is 12.6 Å². The predicted octanol–water partition coefficient (Wildman–Crippen LogP) is -0.638. The molecule has 0 saturated carbocycles. The maximum absolute atomic E-state index is 9.25. The van der Waals surface area contributed by atoms with E-state index < -0.39 is 13.3 Å². The molecule has 1 aromatic carbocycles. The molecule has 11 heavy (non-hydrogen) atoms. The molecular weight excluding hydrogens is 141 g/mol. The van der Waals surface area contributed by atoms with Crippen LogP contribution < -0.4 is 11.2 Å². The van der Waals surface area contributed by atoms with E-state index in [1.807, 2.05) is 24.3 Å². The summed E-state index contributed by atoms with van der Waals surface area (Å²) >= 11 is 0. The predicted molar refractivity (Wildman–Crippen MR) is 42.1 cm³/mol. The highest BCUT2D eigenvalue weighted by atomic mass is 16.5. The number of fused-ring (bicyclic) bond motifs is 1. The summed E-state index contributed by atoms with van der Waals surface area (Å²) in [6, 6.07) is 7.40. The molecule has 1 aliphatic rings. The lowest BCUT2D eigenvalue weighted by Gasteiger charge is -2.02. The van der Waals surface area contributed by atoms with Gasteiger partial charge < -0.3 is 15.4 Å². The molecule has 1 aromatic rings. The average Bonchev–Trinajstić information content (AvgIpc) is 2.30. The standard InChI is InChI=1S/C7H8BNO2/c9-7-5-3-1-2-4-6(5)8(10)11-7/h1-4,7,10H,9H2. The molecule has 0 aromatic heterocycles. The molecule has 0 fully saturated rings. The maximum atomic E-state index is 9.25. The lowest BCUT2D eigenvalue weighted by Crippen LogP contribution is -2.27. The molecule has 56 valence electrons. The van der Waals surface area contributed by atoms with Crippen LogP contribution in [0, 0.1) is 0 Å². The first-order valence-corrected chi connectivity index (χ1v) is 3.47. The Kier molecular flexibility index (Phi) is 1.46. The van der Waals surface area contributed by atoms with E-state index in [1.165, 1.54) is 0 Å². The molecule has 0 amide bonds. The lowest BCUT2D eigenvalue weighted by atomic mass is 9.80. The van der Waals surface area contributed by atoms with Crippen molar-refractivity contribution in [2.24, 2.45) is 5.73 Å². The first-order valence-electron chi connectivity index (χ1n) is 3.47. The topological polar surface area (TPSA) is 55.5 Å². The van der Waals surface area contributed by atoms with Crippen molar-refractivity contribution in [1.82, 2.24) is 0 Å². The average molecular weight is 149 g/mol. The van der Waals surface area contributed by atoms with Gasteiger partial charge in [-0.2, -0.15) is 0 Å². The van der Waals surface area contributed by atoms with Crippen molar-refractivity contribution in [3.63, 3.8) is 0 Å². The second-order valence-electron chi connectivity index (χ2n) is 2.54. The number of rotatable bonds is 0. The highest BCUT2D eigenvalue weighted by molar-refractivity contribution is 6.61. The summed E-state index contributed by atoms with van der Waals surface area (Å²) in [5.74, 6) is 0. The molecular formula is C7H8BNO2. The number of hydrogen-bond acceptors (Lipinski definition) is 3. The van der Waals surface area contributed by atoms with Gasteiger partial charge in [0, 0.05) is 0 Å². The molecule has 0 saturated heterocycles. The summed E-state index contributed by atoms with van der Waals surface area (Å²) in [7, 11) is -0.846. The first-order chi connectivity index (χ1) is 5.29. The minimum atomic E-state index is -0.846. The zero-order valence-corrected chi connectivity index (χ0v) is 5.90. The summed E-state index contributed by atoms with van der Waals surface area (Å²) in [4.78, 5) is 0. The van der Waals surface area contributed by atoms with E-state index in [9.17, 15) is 5.02 Å². The fraction of sp³-hybridized carbons (Fsp3) is 0.143. The molecule has 0 radical (unpaired) electrons. The van der Waals surface area contributed by atoms with Gasteiger partial charge in [0.05, 0.1) is 0 Å².